The normalized spacial score (nSPS) is 15.3. The molecule has 2 aromatic carbocycles. The van der Waals surface area contributed by atoms with E-state index in [1.807, 2.05) is 19.1 Å². The van der Waals surface area contributed by atoms with Crippen LogP contribution in [0.2, 0.25) is 0 Å². The summed E-state index contributed by atoms with van der Waals surface area (Å²) in [5.41, 5.74) is 2.88. The average molecular weight is 460 g/mol. The smallest absolute Gasteiger partial charge is 0.255 e. The molecule has 1 aliphatic heterocycles. The standard InChI is InChI=1S/C21H21N3O3S3/c1-15-22-18(13-28-15)14-29-20-9-3-16(4-10-20)21(25)23-17-5-7-19(8-6-17)24-11-2-12-30(24,26)27/h3-10,13H,2,11-12,14H2,1H3,(H,23,25). The molecule has 6 nitrogen and oxygen atoms in total. The highest BCUT2D eigenvalue weighted by Crippen LogP contribution is 2.26. The van der Waals surface area contributed by atoms with Gasteiger partial charge in [0.2, 0.25) is 10.0 Å². The van der Waals surface area contributed by atoms with Crippen molar-refractivity contribution in [3.63, 3.8) is 0 Å². The van der Waals surface area contributed by atoms with E-state index in [4.69, 9.17) is 0 Å². The van der Waals surface area contributed by atoms with Crippen LogP contribution in [0.25, 0.3) is 0 Å². The number of hydrogen-bond donors (Lipinski definition) is 1. The molecular weight excluding hydrogens is 438 g/mol. The molecule has 30 heavy (non-hydrogen) atoms. The maximum Gasteiger partial charge on any atom is 0.255 e. The van der Waals surface area contributed by atoms with Crippen LogP contribution in [0.15, 0.2) is 58.8 Å². The van der Waals surface area contributed by atoms with Crippen molar-refractivity contribution in [3.8, 4) is 0 Å². The molecule has 2 heterocycles. The summed E-state index contributed by atoms with van der Waals surface area (Å²) in [6, 6.07) is 14.4. The molecule has 0 spiro atoms. The van der Waals surface area contributed by atoms with Crippen LogP contribution in [-0.2, 0) is 15.8 Å². The molecule has 1 N–H and O–H groups in total. The van der Waals surface area contributed by atoms with E-state index in [0.29, 0.717) is 29.9 Å². The van der Waals surface area contributed by atoms with E-state index >= 15 is 0 Å². The van der Waals surface area contributed by atoms with Crippen molar-refractivity contribution >= 4 is 50.4 Å². The van der Waals surface area contributed by atoms with Gasteiger partial charge in [-0.15, -0.1) is 23.1 Å². The summed E-state index contributed by atoms with van der Waals surface area (Å²) in [6.07, 6.45) is 0.637. The number of sulfonamides is 1. The topological polar surface area (TPSA) is 79.4 Å². The second kappa shape index (κ2) is 8.79. The van der Waals surface area contributed by atoms with Crippen molar-refractivity contribution in [2.24, 2.45) is 0 Å². The third kappa shape index (κ3) is 4.85. The van der Waals surface area contributed by atoms with Gasteiger partial charge in [0.05, 0.1) is 22.1 Å². The minimum atomic E-state index is -3.20. The maximum absolute atomic E-state index is 12.5. The molecular formula is C21H21N3O3S3. The molecule has 0 atom stereocenters. The lowest BCUT2D eigenvalue weighted by Crippen LogP contribution is -2.24. The molecule has 0 radical (unpaired) electrons. The van der Waals surface area contributed by atoms with Gasteiger partial charge in [-0.3, -0.25) is 9.10 Å². The third-order valence-electron chi connectivity index (χ3n) is 4.68. The van der Waals surface area contributed by atoms with Gasteiger partial charge in [0.25, 0.3) is 5.91 Å². The molecule has 0 unspecified atom stereocenters. The molecule has 0 saturated carbocycles. The fraction of sp³-hybridized carbons (Fsp3) is 0.238. The van der Waals surface area contributed by atoms with E-state index < -0.39 is 10.0 Å². The van der Waals surface area contributed by atoms with Gasteiger partial charge in [-0.1, -0.05) is 0 Å². The third-order valence-corrected chi connectivity index (χ3v) is 8.42. The zero-order chi connectivity index (χ0) is 21.1. The van der Waals surface area contributed by atoms with Crippen LogP contribution >= 0.6 is 23.1 Å². The van der Waals surface area contributed by atoms with Gasteiger partial charge in [0.1, 0.15) is 0 Å². The number of hydrogen-bond acceptors (Lipinski definition) is 6. The molecule has 1 saturated heterocycles. The van der Waals surface area contributed by atoms with E-state index in [1.54, 1.807) is 59.5 Å². The Kier molecular flexibility index (Phi) is 6.12. The minimum absolute atomic E-state index is 0.184. The largest absolute Gasteiger partial charge is 0.322 e. The Morgan fingerprint density at radius 2 is 1.90 bits per heavy atom. The van der Waals surface area contributed by atoms with E-state index in [1.165, 1.54) is 4.31 Å². The van der Waals surface area contributed by atoms with Crippen molar-refractivity contribution < 1.29 is 13.2 Å². The highest BCUT2D eigenvalue weighted by molar-refractivity contribution is 7.98. The van der Waals surface area contributed by atoms with Gasteiger partial charge in [0.15, 0.2) is 0 Å². The van der Waals surface area contributed by atoms with Gasteiger partial charge in [-0.05, 0) is 61.9 Å². The number of thiazole rings is 1. The van der Waals surface area contributed by atoms with Gasteiger partial charge in [-0.25, -0.2) is 13.4 Å². The molecule has 1 aromatic heterocycles. The van der Waals surface area contributed by atoms with Gasteiger partial charge in [0, 0.05) is 33.8 Å². The van der Waals surface area contributed by atoms with Crippen LogP contribution in [0.4, 0.5) is 11.4 Å². The number of carbonyl (C=O) groups is 1. The quantitative estimate of drug-likeness (QED) is 0.548. The number of aromatic nitrogens is 1. The zero-order valence-corrected chi connectivity index (χ0v) is 18.8. The molecule has 3 aromatic rings. The highest BCUT2D eigenvalue weighted by atomic mass is 32.2. The van der Waals surface area contributed by atoms with Crippen LogP contribution in [0.5, 0.6) is 0 Å². The van der Waals surface area contributed by atoms with Crippen molar-refractivity contribution in [1.82, 2.24) is 4.98 Å². The van der Waals surface area contributed by atoms with Crippen LogP contribution < -0.4 is 9.62 Å². The summed E-state index contributed by atoms with van der Waals surface area (Å²) in [5.74, 6) is 0.779. The molecule has 0 bridgehead atoms. The number of benzene rings is 2. The molecule has 9 heteroatoms. The number of thioether (sulfide) groups is 1. The number of amides is 1. The summed E-state index contributed by atoms with van der Waals surface area (Å²) >= 11 is 3.33. The lowest BCUT2D eigenvalue weighted by atomic mass is 10.2. The van der Waals surface area contributed by atoms with Crippen molar-refractivity contribution in [2.75, 3.05) is 21.9 Å². The Balaban J connectivity index is 1.35. The fourth-order valence-corrected chi connectivity index (χ4v) is 6.25. The van der Waals surface area contributed by atoms with Crippen LogP contribution in [0.1, 0.15) is 27.5 Å². The lowest BCUT2D eigenvalue weighted by molar-refractivity contribution is 0.102. The van der Waals surface area contributed by atoms with Gasteiger partial charge >= 0.3 is 0 Å². The number of rotatable bonds is 6. The second-order valence-corrected chi connectivity index (χ2v) is 11.0. The number of anilines is 2. The van der Waals surface area contributed by atoms with Gasteiger partial charge in [-0.2, -0.15) is 0 Å². The Morgan fingerprint density at radius 3 is 2.50 bits per heavy atom. The van der Waals surface area contributed by atoms with Crippen LogP contribution in [0.3, 0.4) is 0 Å². The first kappa shape index (κ1) is 20.9. The predicted octanol–water partition coefficient (Wildman–Crippen LogP) is 4.54. The SMILES string of the molecule is Cc1nc(CSc2ccc(C(=O)Nc3ccc(N4CCCS4(=O)=O)cc3)cc2)cs1. The fourth-order valence-electron chi connectivity index (χ4n) is 3.18. The summed E-state index contributed by atoms with van der Waals surface area (Å²) in [5, 5.41) is 5.98. The molecule has 1 fully saturated rings. The monoisotopic (exact) mass is 459 g/mol. The van der Waals surface area contributed by atoms with E-state index in [-0.39, 0.29) is 11.7 Å². The number of nitrogens with one attached hydrogen (secondary N) is 1. The van der Waals surface area contributed by atoms with Crippen LogP contribution in [-0.4, -0.2) is 31.6 Å². The first-order valence-corrected chi connectivity index (χ1v) is 12.9. The first-order valence-electron chi connectivity index (χ1n) is 9.46. The van der Waals surface area contributed by atoms with Crippen molar-refractivity contribution in [2.45, 2.75) is 24.0 Å². The van der Waals surface area contributed by atoms with Crippen molar-refractivity contribution in [1.29, 1.82) is 0 Å². The van der Waals surface area contributed by atoms with Crippen LogP contribution in [0, 0.1) is 6.92 Å². The highest BCUT2D eigenvalue weighted by Gasteiger charge is 2.28. The minimum Gasteiger partial charge on any atom is -0.322 e. The maximum atomic E-state index is 12.5. The Morgan fingerprint density at radius 1 is 1.17 bits per heavy atom. The van der Waals surface area contributed by atoms with E-state index in [2.05, 4.69) is 15.7 Å². The second-order valence-electron chi connectivity index (χ2n) is 6.91. The number of aryl methyl sites for hydroxylation is 1. The Hall–Kier alpha value is -2.36. The number of carbonyl (C=O) groups excluding carboxylic acids is 1. The summed E-state index contributed by atoms with van der Waals surface area (Å²) in [6.45, 7) is 2.49. The molecule has 0 aliphatic carbocycles. The van der Waals surface area contributed by atoms with Crippen molar-refractivity contribution in [3.05, 3.63) is 70.2 Å². The Bertz CT molecular complexity index is 1140. The van der Waals surface area contributed by atoms with Gasteiger partial charge < -0.3 is 5.32 Å². The molecule has 1 amide bonds. The summed E-state index contributed by atoms with van der Waals surface area (Å²) in [7, 11) is -3.20. The lowest BCUT2D eigenvalue weighted by Gasteiger charge is -2.17. The first-order chi connectivity index (χ1) is 14.4. The van der Waals surface area contributed by atoms with E-state index in [9.17, 15) is 13.2 Å². The molecule has 1 aliphatic rings. The molecule has 156 valence electrons. The predicted molar refractivity (Wildman–Crippen MR) is 123 cm³/mol. The average Bonchev–Trinajstić information content (AvgIpc) is 3.31. The summed E-state index contributed by atoms with van der Waals surface area (Å²) in [4.78, 5) is 18.1. The Labute approximate surface area is 184 Å². The number of nitrogens with zero attached hydrogens (tertiary/aromatic N) is 2. The summed E-state index contributed by atoms with van der Waals surface area (Å²) < 4.78 is 25.5. The molecule has 4 rings (SSSR count). The zero-order valence-electron chi connectivity index (χ0n) is 16.4. The van der Waals surface area contributed by atoms with E-state index in [0.717, 1.165) is 21.3 Å².